The first kappa shape index (κ1) is 14.4. The Bertz CT molecular complexity index is 677. The fourth-order valence-electron chi connectivity index (χ4n) is 1.83. The summed E-state index contributed by atoms with van der Waals surface area (Å²) >= 11 is 0. The Morgan fingerprint density at radius 3 is 2.35 bits per heavy atom. The van der Waals surface area contributed by atoms with Gasteiger partial charge in [0.15, 0.2) is 0 Å². The fourth-order valence-corrected chi connectivity index (χ4v) is 2.90. The van der Waals surface area contributed by atoms with Gasteiger partial charge in [-0.25, -0.2) is 0 Å². The van der Waals surface area contributed by atoms with Crippen molar-refractivity contribution < 1.29 is 14.5 Å². The van der Waals surface area contributed by atoms with Crippen molar-refractivity contribution in [1.29, 1.82) is 0 Å². The molecule has 0 saturated heterocycles. The number of benzene rings is 2. The van der Waals surface area contributed by atoms with E-state index in [2.05, 4.69) is 5.32 Å². The van der Waals surface area contributed by atoms with E-state index in [9.17, 15) is 14.5 Å². The molecule has 0 fully saturated rings. The Morgan fingerprint density at radius 2 is 1.75 bits per heavy atom. The van der Waals surface area contributed by atoms with Crippen LogP contribution >= 0.6 is 7.14 Å². The molecule has 2 aromatic rings. The predicted octanol–water partition coefficient (Wildman–Crippen LogP) is 2.89. The number of hydrogen-bond acceptors (Lipinski definition) is 3. The lowest BCUT2D eigenvalue weighted by molar-refractivity contribution is 0.102. The highest BCUT2D eigenvalue weighted by molar-refractivity contribution is 7.70. The van der Waals surface area contributed by atoms with E-state index in [-0.39, 0.29) is 11.7 Å². The van der Waals surface area contributed by atoms with Gasteiger partial charge in [-0.05, 0) is 43.7 Å². The molecule has 0 unspecified atom stereocenters. The van der Waals surface area contributed by atoms with E-state index in [0.29, 0.717) is 16.6 Å². The van der Waals surface area contributed by atoms with Crippen molar-refractivity contribution in [1.82, 2.24) is 0 Å². The largest absolute Gasteiger partial charge is 0.507 e. The van der Waals surface area contributed by atoms with Gasteiger partial charge in [0.2, 0.25) is 0 Å². The van der Waals surface area contributed by atoms with Gasteiger partial charge in [0.05, 0.1) is 5.30 Å². The molecule has 0 aliphatic carbocycles. The molecular weight excluding hydrogens is 273 g/mol. The first-order valence-electron chi connectivity index (χ1n) is 6.13. The third-order valence-corrected chi connectivity index (χ3v) is 4.37. The number of aromatic hydroxyl groups is 1. The van der Waals surface area contributed by atoms with E-state index in [1.54, 1.807) is 49.7 Å². The maximum atomic E-state index is 12.1. The quantitative estimate of drug-likeness (QED) is 0.674. The molecule has 0 spiro atoms. The highest BCUT2D eigenvalue weighted by Gasteiger charge is 2.17. The van der Waals surface area contributed by atoms with Crippen LogP contribution < -0.4 is 10.6 Å². The van der Waals surface area contributed by atoms with Crippen molar-refractivity contribution in [2.45, 2.75) is 0 Å². The normalized spacial score (nSPS) is 11.1. The van der Waals surface area contributed by atoms with Crippen LogP contribution in [0.1, 0.15) is 10.4 Å². The lowest BCUT2D eigenvalue weighted by atomic mass is 10.2. The molecule has 0 bridgehead atoms. The van der Waals surface area contributed by atoms with E-state index in [0.717, 1.165) is 0 Å². The first-order valence-corrected chi connectivity index (χ1v) is 8.73. The maximum absolute atomic E-state index is 12.1. The average Bonchev–Trinajstić information content (AvgIpc) is 2.40. The van der Waals surface area contributed by atoms with E-state index >= 15 is 0 Å². The number of carbonyl (C=O) groups excluding carboxylic acids is 1. The molecule has 0 heterocycles. The monoisotopic (exact) mass is 289 g/mol. The molecule has 20 heavy (non-hydrogen) atoms. The summed E-state index contributed by atoms with van der Waals surface area (Å²) in [4.78, 5) is 12.0. The van der Waals surface area contributed by atoms with Crippen LogP contribution in [0.2, 0.25) is 0 Å². The molecule has 5 heteroatoms. The summed E-state index contributed by atoms with van der Waals surface area (Å²) in [5, 5.41) is 12.8. The summed E-state index contributed by atoms with van der Waals surface area (Å²) in [5.74, 6) is -0.264. The SMILES string of the molecule is CP(C)(=O)c1cc(NC(=O)c2ccccc2)ccc1O. The molecule has 0 saturated carbocycles. The van der Waals surface area contributed by atoms with E-state index in [1.165, 1.54) is 6.07 Å². The summed E-state index contributed by atoms with van der Waals surface area (Å²) in [6, 6.07) is 13.4. The molecule has 4 nitrogen and oxygen atoms in total. The second-order valence-electron chi connectivity index (χ2n) is 4.87. The average molecular weight is 289 g/mol. The highest BCUT2D eigenvalue weighted by Crippen LogP contribution is 2.39. The molecule has 2 aromatic carbocycles. The molecular formula is C15H16NO3P. The molecule has 104 valence electrons. The zero-order valence-corrected chi connectivity index (χ0v) is 12.2. The lowest BCUT2D eigenvalue weighted by Crippen LogP contribution is -2.13. The highest BCUT2D eigenvalue weighted by atomic mass is 31.2. The zero-order chi connectivity index (χ0) is 14.8. The number of phenols is 1. The van der Waals surface area contributed by atoms with Crippen LogP contribution in [0.15, 0.2) is 48.5 Å². The summed E-state index contributed by atoms with van der Waals surface area (Å²) in [5.41, 5.74) is 1.05. The third-order valence-electron chi connectivity index (χ3n) is 2.85. The number of nitrogens with one attached hydrogen (secondary N) is 1. The fraction of sp³-hybridized carbons (Fsp3) is 0.133. The van der Waals surface area contributed by atoms with Crippen molar-refractivity contribution in [3.8, 4) is 5.75 Å². The van der Waals surface area contributed by atoms with Crippen LogP contribution in [0.5, 0.6) is 5.75 Å². The van der Waals surface area contributed by atoms with Crippen molar-refractivity contribution in [3.05, 3.63) is 54.1 Å². The topological polar surface area (TPSA) is 66.4 Å². The van der Waals surface area contributed by atoms with Crippen molar-refractivity contribution in [3.63, 3.8) is 0 Å². The van der Waals surface area contributed by atoms with E-state index in [1.807, 2.05) is 6.07 Å². The minimum atomic E-state index is -2.60. The third kappa shape index (κ3) is 3.28. The van der Waals surface area contributed by atoms with Crippen molar-refractivity contribution in [2.75, 3.05) is 18.6 Å². The molecule has 0 aromatic heterocycles. The van der Waals surface area contributed by atoms with E-state index < -0.39 is 7.14 Å². The van der Waals surface area contributed by atoms with Crippen LogP contribution in [-0.2, 0) is 4.57 Å². The maximum Gasteiger partial charge on any atom is 0.255 e. The summed E-state index contributed by atoms with van der Waals surface area (Å²) in [7, 11) is -2.60. The molecule has 1 amide bonds. The molecule has 0 radical (unpaired) electrons. The van der Waals surface area contributed by atoms with Crippen LogP contribution in [0.4, 0.5) is 5.69 Å². The van der Waals surface area contributed by atoms with Gasteiger partial charge in [0.1, 0.15) is 12.9 Å². The van der Waals surface area contributed by atoms with Gasteiger partial charge in [0, 0.05) is 11.3 Å². The van der Waals surface area contributed by atoms with Gasteiger partial charge < -0.3 is 15.0 Å². The Balaban J connectivity index is 2.27. The molecule has 2 N–H and O–H groups in total. The number of rotatable bonds is 3. The Kier molecular flexibility index (Phi) is 3.96. The second-order valence-corrected chi connectivity index (χ2v) is 8.06. The minimum Gasteiger partial charge on any atom is -0.507 e. The number of amides is 1. The van der Waals surface area contributed by atoms with E-state index in [4.69, 9.17) is 0 Å². The van der Waals surface area contributed by atoms with Crippen molar-refractivity contribution >= 4 is 24.0 Å². The lowest BCUT2D eigenvalue weighted by Gasteiger charge is -2.12. The second kappa shape index (κ2) is 5.51. The number of phenolic OH excluding ortho intramolecular Hbond substituents is 1. The number of hydrogen-bond donors (Lipinski definition) is 2. The Morgan fingerprint density at radius 1 is 1.10 bits per heavy atom. The number of carbonyl (C=O) groups is 1. The van der Waals surface area contributed by atoms with Gasteiger partial charge in [-0.2, -0.15) is 0 Å². The van der Waals surface area contributed by atoms with Gasteiger partial charge >= 0.3 is 0 Å². The van der Waals surface area contributed by atoms with Gasteiger partial charge in [0.25, 0.3) is 5.91 Å². The van der Waals surface area contributed by atoms with Crippen LogP contribution in [0.25, 0.3) is 0 Å². The molecule has 0 aliphatic heterocycles. The van der Waals surface area contributed by atoms with Crippen molar-refractivity contribution in [2.24, 2.45) is 0 Å². The van der Waals surface area contributed by atoms with Crippen LogP contribution in [-0.4, -0.2) is 24.3 Å². The summed E-state index contributed by atoms with van der Waals surface area (Å²) in [6.07, 6.45) is 0. The Hall–Kier alpha value is -2.06. The molecule has 2 rings (SSSR count). The number of anilines is 1. The first-order chi connectivity index (χ1) is 9.38. The molecule has 0 atom stereocenters. The smallest absolute Gasteiger partial charge is 0.255 e. The standard InChI is InChI=1S/C15H16NO3P/c1-20(2,19)14-10-12(8-9-13(14)17)16-15(18)11-6-4-3-5-7-11/h3-10,17H,1-2H3,(H,16,18). The van der Waals surface area contributed by atoms with Gasteiger partial charge in [-0.15, -0.1) is 0 Å². The minimum absolute atomic E-state index is 0.0176. The summed E-state index contributed by atoms with van der Waals surface area (Å²) < 4.78 is 12.1. The molecule has 0 aliphatic rings. The van der Waals surface area contributed by atoms with Gasteiger partial charge in [-0.1, -0.05) is 18.2 Å². The van der Waals surface area contributed by atoms with Gasteiger partial charge in [-0.3, -0.25) is 4.79 Å². The predicted molar refractivity (Wildman–Crippen MR) is 81.6 cm³/mol. The Labute approximate surface area is 117 Å². The summed E-state index contributed by atoms with van der Waals surface area (Å²) in [6.45, 7) is 3.15. The zero-order valence-electron chi connectivity index (χ0n) is 11.3. The van der Waals surface area contributed by atoms with Crippen LogP contribution in [0, 0.1) is 0 Å². The van der Waals surface area contributed by atoms with Crippen LogP contribution in [0.3, 0.4) is 0 Å².